The molecule has 0 radical (unpaired) electrons. The van der Waals surface area contributed by atoms with Crippen molar-refractivity contribution in [3.63, 3.8) is 0 Å². The molecule has 4 fully saturated rings. The molecule has 10 atom stereocenters. The van der Waals surface area contributed by atoms with Crippen LogP contribution in [0.2, 0.25) is 0 Å². The molecule has 5 heteroatoms. The second-order valence-corrected chi connectivity index (χ2v) is 14.0. The molecule has 35 heavy (non-hydrogen) atoms. The van der Waals surface area contributed by atoms with Gasteiger partial charge in [-0.3, -0.25) is 0 Å². The van der Waals surface area contributed by atoms with Gasteiger partial charge in [-0.2, -0.15) is 0 Å². The molecule has 0 unspecified atom stereocenters. The van der Waals surface area contributed by atoms with Crippen molar-refractivity contribution >= 4 is 11.9 Å². The van der Waals surface area contributed by atoms with E-state index in [0.29, 0.717) is 17.8 Å². The molecule has 6 rings (SSSR count). The van der Waals surface area contributed by atoms with Crippen LogP contribution in [0.4, 0.5) is 0 Å². The van der Waals surface area contributed by atoms with Crippen molar-refractivity contribution in [2.45, 2.75) is 104 Å². The first-order chi connectivity index (χ1) is 16.3. The van der Waals surface area contributed by atoms with Crippen LogP contribution in [0.25, 0.3) is 0 Å². The van der Waals surface area contributed by atoms with E-state index in [-0.39, 0.29) is 45.6 Å². The number of hydrogen-bond acceptors (Lipinski definition) is 5. The molecule has 2 aliphatic heterocycles. The first kappa shape index (κ1) is 23.8. The highest BCUT2D eigenvalue weighted by molar-refractivity contribution is 5.88. The van der Waals surface area contributed by atoms with Gasteiger partial charge in [0, 0.05) is 29.4 Å². The molecule has 0 aromatic carbocycles. The zero-order chi connectivity index (χ0) is 25.2. The summed E-state index contributed by atoms with van der Waals surface area (Å²) in [6.07, 6.45) is 12.5. The minimum absolute atomic E-state index is 0.0476. The van der Waals surface area contributed by atoms with E-state index in [9.17, 15) is 14.7 Å². The largest absolute Gasteiger partial charge is 0.458 e. The molecule has 6 aliphatic rings. The van der Waals surface area contributed by atoms with Gasteiger partial charge in [0.15, 0.2) is 0 Å². The first-order valence-corrected chi connectivity index (χ1v) is 13.8. The molecule has 4 aliphatic carbocycles. The number of ether oxygens (including phenoxy) is 2. The Morgan fingerprint density at radius 2 is 1.83 bits per heavy atom. The van der Waals surface area contributed by atoms with E-state index in [0.717, 1.165) is 50.5 Å². The number of rotatable bonds is 2. The van der Waals surface area contributed by atoms with Gasteiger partial charge in [0.25, 0.3) is 0 Å². The standard InChI is InChI=1S/C30H42O5/c1-17-7-8-21(34-25(17)33)18(2)19-9-11-28(6)22-15-20(31)24-26(3,4)35-23(32)10-12-30(24)16-29(22,30)14-13-27(19,28)5/h7,10,12,18-22,24,31H,8-9,11,13-16H2,1-6H3/t18-,19+,20+,21-,22-,24-,27-,28+,29+,30+/m0/s1. The Labute approximate surface area is 209 Å². The maximum atomic E-state index is 12.4. The van der Waals surface area contributed by atoms with Gasteiger partial charge in [-0.25, -0.2) is 9.59 Å². The van der Waals surface area contributed by atoms with Gasteiger partial charge < -0.3 is 14.6 Å². The van der Waals surface area contributed by atoms with Gasteiger partial charge in [0.1, 0.15) is 11.7 Å². The molecular formula is C30H42O5. The number of aliphatic hydroxyl groups excluding tert-OH is 1. The van der Waals surface area contributed by atoms with Gasteiger partial charge in [-0.1, -0.05) is 32.9 Å². The van der Waals surface area contributed by atoms with Crippen LogP contribution in [0.15, 0.2) is 23.8 Å². The maximum Gasteiger partial charge on any atom is 0.333 e. The van der Waals surface area contributed by atoms with Crippen LogP contribution in [-0.4, -0.2) is 34.9 Å². The molecule has 4 saturated carbocycles. The SMILES string of the molecule is CC1=CC[C@@H]([C@@H](C)[C@H]2CC[C@]3(C)[C@@H]4C[C@@H](O)[C@H]5C(C)(C)OC(=O)C=C[C@@]56C[C@]46CC[C@@]23C)OC1=O. The Morgan fingerprint density at radius 3 is 2.54 bits per heavy atom. The van der Waals surface area contributed by atoms with Gasteiger partial charge >= 0.3 is 11.9 Å². The molecule has 2 spiro atoms. The van der Waals surface area contributed by atoms with Crippen molar-refractivity contribution in [2.75, 3.05) is 0 Å². The molecule has 1 N–H and O–H groups in total. The minimum Gasteiger partial charge on any atom is -0.458 e. The first-order valence-electron chi connectivity index (χ1n) is 13.8. The molecule has 0 amide bonds. The molecule has 0 aromatic rings. The van der Waals surface area contributed by atoms with E-state index in [4.69, 9.17) is 9.47 Å². The van der Waals surface area contributed by atoms with Gasteiger partial charge in [0.05, 0.1) is 6.10 Å². The molecule has 0 saturated heterocycles. The lowest BCUT2D eigenvalue weighted by atomic mass is 9.43. The van der Waals surface area contributed by atoms with Gasteiger partial charge in [-0.15, -0.1) is 0 Å². The maximum absolute atomic E-state index is 12.4. The lowest BCUT2D eigenvalue weighted by molar-refractivity contribution is -0.188. The number of cyclic esters (lactones) is 2. The van der Waals surface area contributed by atoms with Crippen LogP contribution in [0.1, 0.15) is 86.5 Å². The molecule has 0 aromatic heterocycles. The number of hydrogen-bond donors (Lipinski definition) is 1. The fourth-order valence-electron chi connectivity index (χ4n) is 10.7. The number of esters is 2. The van der Waals surface area contributed by atoms with E-state index in [2.05, 4.69) is 32.9 Å². The van der Waals surface area contributed by atoms with E-state index >= 15 is 0 Å². The highest BCUT2D eigenvalue weighted by atomic mass is 16.6. The summed E-state index contributed by atoms with van der Waals surface area (Å²) in [6, 6.07) is 0. The summed E-state index contributed by atoms with van der Waals surface area (Å²) < 4.78 is 11.7. The average molecular weight is 483 g/mol. The molecular weight excluding hydrogens is 440 g/mol. The number of aliphatic hydroxyl groups is 1. The summed E-state index contributed by atoms with van der Waals surface area (Å²) in [6.45, 7) is 13.1. The summed E-state index contributed by atoms with van der Waals surface area (Å²) in [5.74, 6) is 0.711. The highest BCUT2D eigenvalue weighted by Crippen LogP contribution is 2.87. The predicted octanol–water partition coefficient (Wildman–Crippen LogP) is 5.37. The summed E-state index contributed by atoms with van der Waals surface area (Å²) in [5, 5.41) is 11.6. The minimum atomic E-state index is -0.681. The Bertz CT molecular complexity index is 1040. The second kappa shape index (κ2) is 7.02. The lowest BCUT2D eigenvalue weighted by Crippen LogP contribution is -2.59. The van der Waals surface area contributed by atoms with Crippen LogP contribution in [0, 0.1) is 45.3 Å². The zero-order valence-electron chi connectivity index (χ0n) is 22.2. The lowest BCUT2D eigenvalue weighted by Gasteiger charge is -2.62. The third-order valence-electron chi connectivity index (χ3n) is 12.5. The third kappa shape index (κ3) is 2.80. The predicted molar refractivity (Wildman–Crippen MR) is 132 cm³/mol. The third-order valence-corrected chi connectivity index (χ3v) is 12.5. The molecule has 2 heterocycles. The fraction of sp³-hybridized carbons (Fsp3) is 0.800. The Hall–Kier alpha value is -1.62. The molecule has 192 valence electrons. The van der Waals surface area contributed by atoms with E-state index in [1.165, 1.54) is 0 Å². The summed E-state index contributed by atoms with van der Waals surface area (Å²) in [4.78, 5) is 24.7. The zero-order valence-corrected chi connectivity index (χ0v) is 22.2. The summed E-state index contributed by atoms with van der Waals surface area (Å²) in [7, 11) is 0. The number of allylic oxidation sites excluding steroid dienone is 1. The number of carbonyl (C=O) groups excluding carboxylic acids is 2. The van der Waals surface area contributed by atoms with E-state index in [1.54, 1.807) is 6.08 Å². The fourth-order valence-corrected chi connectivity index (χ4v) is 10.7. The normalized spacial score (nSPS) is 52.5. The van der Waals surface area contributed by atoms with E-state index < -0.39 is 11.7 Å². The topological polar surface area (TPSA) is 72.8 Å². The van der Waals surface area contributed by atoms with Crippen molar-refractivity contribution in [1.82, 2.24) is 0 Å². The van der Waals surface area contributed by atoms with Crippen LogP contribution in [0.5, 0.6) is 0 Å². The van der Waals surface area contributed by atoms with E-state index in [1.807, 2.05) is 20.8 Å². The van der Waals surface area contributed by atoms with Crippen molar-refractivity contribution in [1.29, 1.82) is 0 Å². The van der Waals surface area contributed by atoms with Crippen LogP contribution < -0.4 is 0 Å². The van der Waals surface area contributed by atoms with Crippen molar-refractivity contribution in [3.05, 3.63) is 23.8 Å². The van der Waals surface area contributed by atoms with Crippen LogP contribution >= 0.6 is 0 Å². The van der Waals surface area contributed by atoms with Gasteiger partial charge in [0.2, 0.25) is 0 Å². The number of fused-ring (bicyclic) bond motifs is 2. The number of carbonyl (C=O) groups is 2. The average Bonchev–Trinajstić information content (AvgIpc) is 3.37. The van der Waals surface area contributed by atoms with Crippen LogP contribution in [-0.2, 0) is 19.1 Å². The Balaban J connectivity index is 1.34. The quantitative estimate of drug-likeness (QED) is 0.536. The second-order valence-electron chi connectivity index (χ2n) is 14.0. The summed E-state index contributed by atoms with van der Waals surface area (Å²) >= 11 is 0. The Morgan fingerprint density at radius 1 is 1.09 bits per heavy atom. The van der Waals surface area contributed by atoms with Gasteiger partial charge in [-0.05, 0) is 93.3 Å². The smallest absolute Gasteiger partial charge is 0.333 e. The molecule has 5 nitrogen and oxygen atoms in total. The van der Waals surface area contributed by atoms with Crippen molar-refractivity contribution in [3.8, 4) is 0 Å². The molecule has 0 bridgehead atoms. The Kier molecular flexibility index (Phi) is 4.77. The monoisotopic (exact) mass is 482 g/mol. The van der Waals surface area contributed by atoms with Crippen molar-refractivity contribution in [2.24, 2.45) is 45.3 Å². The summed E-state index contributed by atoms with van der Waals surface area (Å²) in [5.41, 5.74) is 0.278. The van der Waals surface area contributed by atoms with Crippen LogP contribution in [0.3, 0.4) is 0 Å². The highest BCUT2D eigenvalue weighted by Gasteiger charge is 2.83. The van der Waals surface area contributed by atoms with Crippen molar-refractivity contribution < 1.29 is 24.2 Å².